The third-order valence-corrected chi connectivity index (χ3v) is 3.57. The van der Waals surface area contributed by atoms with Gasteiger partial charge in [-0.05, 0) is 25.3 Å². The number of nitro groups is 1. The first-order chi connectivity index (χ1) is 9.54. The fraction of sp³-hybridized carbons (Fsp3) is 0.462. The van der Waals surface area contributed by atoms with E-state index >= 15 is 0 Å². The molecule has 2 N–H and O–H groups in total. The number of piperidine rings is 1. The molecule has 7 heteroatoms. The van der Waals surface area contributed by atoms with E-state index in [4.69, 9.17) is 0 Å². The summed E-state index contributed by atoms with van der Waals surface area (Å²) in [6, 6.07) is 3.68. The van der Waals surface area contributed by atoms with E-state index in [1.807, 2.05) is 4.90 Å². The number of carboxylic acids is 1. The lowest BCUT2D eigenvalue weighted by Crippen LogP contribution is -2.42. The van der Waals surface area contributed by atoms with Gasteiger partial charge in [0.25, 0.3) is 5.69 Å². The second-order valence-electron chi connectivity index (χ2n) is 4.79. The van der Waals surface area contributed by atoms with Gasteiger partial charge in [-0.3, -0.25) is 10.1 Å². The highest BCUT2D eigenvalue weighted by molar-refractivity contribution is 5.95. The Kier molecular flexibility index (Phi) is 4.19. The van der Waals surface area contributed by atoms with Crippen LogP contribution in [-0.4, -0.2) is 40.3 Å². The van der Waals surface area contributed by atoms with Crippen LogP contribution in [0, 0.1) is 10.1 Å². The Bertz CT molecular complexity index is 531. The van der Waals surface area contributed by atoms with Gasteiger partial charge in [0.1, 0.15) is 0 Å². The molecular weight excluding hydrogens is 264 g/mol. The molecule has 2 rings (SSSR count). The molecule has 1 fully saturated rings. The van der Waals surface area contributed by atoms with Crippen LogP contribution in [0.25, 0.3) is 0 Å². The third-order valence-electron chi connectivity index (χ3n) is 3.57. The SMILES string of the molecule is O=C(O)c1cc([N+](=O)[O-])ccc1N1CCCCC1CO. The number of hydrogen-bond acceptors (Lipinski definition) is 5. The average Bonchev–Trinajstić information content (AvgIpc) is 2.46. The minimum absolute atomic E-state index is 0.0595. The Morgan fingerprint density at radius 2 is 2.20 bits per heavy atom. The number of aromatic carboxylic acids is 1. The van der Waals surface area contributed by atoms with Crippen LogP contribution >= 0.6 is 0 Å². The maximum atomic E-state index is 11.3. The smallest absolute Gasteiger partial charge is 0.338 e. The summed E-state index contributed by atoms with van der Waals surface area (Å²) in [5, 5.41) is 29.4. The quantitative estimate of drug-likeness (QED) is 0.642. The van der Waals surface area contributed by atoms with Gasteiger partial charge in [-0.15, -0.1) is 0 Å². The number of rotatable bonds is 4. The summed E-state index contributed by atoms with van der Waals surface area (Å²) in [4.78, 5) is 23.3. The van der Waals surface area contributed by atoms with Crippen LogP contribution in [0.4, 0.5) is 11.4 Å². The van der Waals surface area contributed by atoms with Crippen molar-refractivity contribution in [3.05, 3.63) is 33.9 Å². The molecule has 0 radical (unpaired) electrons. The summed E-state index contributed by atoms with van der Waals surface area (Å²) < 4.78 is 0. The highest BCUT2D eigenvalue weighted by Crippen LogP contribution is 2.30. The minimum atomic E-state index is -1.20. The van der Waals surface area contributed by atoms with Crippen LogP contribution in [0.1, 0.15) is 29.6 Å². The number of carbonyl (C=O) groups is 1. The zero-order valence-corrected chi connectivity index (χ0v) is 10.9. The maximum Gasteiger partial charge on any atom is 0.338 e. The van der Waals surface area contributed by atoms with Crippen LogP contribution in [0.15, 0.2) is 18.2 Å². The van der Waals surface area contributed by atoms with Crippen LogP contribution in [0.3, 0.4) is 0 Å². The molecule has 0 amide bonds. The van der Waals surface area contributed by atoms with Gasteiger partial charge in [0, 0.05) is 18.7 Å². The number of aliphatic hydroxyl groups is 1. The molecule has 1 heterocycles. The van der Waals surface area contributed by atoms with E-state index in [-0.39, 0.29) is 23.9 Å². The van der Waals surface area contributed by atoms with Gasteiger partial charge in [0.2, 0.25) is 0 Å². The molecule has 1 aromatic rings. The number of nitrogens with zero attached hydrogens (tertiary/aromatic N) is 2. The molecule has 7 nitrogen and oxygen atoms in total. The summed E-state index contributed by atoms with van der Waals surface area (Å²) in [5.41, 5.74) is 0.0881. The summed E-state index contributed by atoms with van der Waals surface area (Å²) in [6.45, 7) is 0.583. The van der Waals surface area contributed by atoms with E-state index < -0.39 is 10.9 Å². The number of carboxylic acid groups (broad SMARTS) is 1. The second-order valence-corrected chi connectivity index (χ2v) is 4.79. The zero-order valence-electron chi connectivity index (χ0n) is 10.9. The van der Waals surface area contributed by atoms with E-state index in [9.17, 15) is 25.1 Å². The Hall–Kier alpha value is -2.15. The van der Waals surface area contributed by atoms with Crippen LogP contribution < -0.4 is 4.90 Å². The number of aliphatic hydroxyl groups excluding tert-OH is 1. The first-order valence-electron chi connectivity index (χ1n) is 6.44. The van der Waals surface area contributed by atoms with Crippen LogP contribution in [-0.2, 0) is 0 Å². The molecule has 108 valence electrons. The van der Waals surface area contributed by atoms with Crippen molar-refractivity contribution in [3.8, 4) is 0 Å². The second kappa shape index (κ2) is 5.87. The highest BCUT2D eigenvalue weighted by Gasteiger charge is 2.26. The number of nitro benzene ring substituents is 1. The molecule has 20 heavy (non-hydrogen) atoms. The van der Waals surface area contributed by atoms with Crippen molar-refractivity contribution in [2.24, 2.45) is 0 Å². The monoisotopic (exact) mass is 280 g/mol. The molecular formula is C13H16N2O5. The molecule has 0 aliphatic carbocycles. The lowest BCUT2D eigenvalue weighted by atomic mass is 10.00. The van der Waals surface area contributed by atoms with Gasteiger partial charge < -0.3 is 15.1 Å². The van der Waals surface area contributed by atoms with E-state index in [0.717, 1.165) is 25.3 Å². The Balaban J connectivity index is 2.44. The number of non-ortho nitro benzene ring substituents is 1. The molecule has 0 bridgehead atoms. The van der Waals surface area contributed by atoms with Crippen molar-refractivity contribution in [1.82, 2.24) is 0 Å². The normalized spacial score (nSPS) is 18.9. The van der Waals surface area contributed by atoms with Crippen LogP contribution in [0.5, 0.6) is 0 Å². The summed E-state index contributed by atoms with van der Waals surface area (Å²) in [7, 11) is 0. The summed E-state index contributed by atoms with van der Waals surface area (Å²) in [5.74, 6) is -1.20. The number of hydrogen-bond donors (Lipinski definition) is 2. The largest absolute Gasteiger partial charge is 0.478 e. The van der Waals surface area contributed by atoms with E-state index in [1.54, 1.807) is 0 Å². The fourth-order valence-electron chi connectivity index (χ4n) is 2.57. The van der Waals surface area contributed by atoms with Crippen LogP contribution in [0.2, 0.25) is 0 Å². The Morgan fingerprint density at radius 1 is 1.45 bits per heavy atom. The van der Waals surface area contributed by atoms with Gasteiger partial charge in [0.05, 0.1) is 28.8 Å². The van der Waals surface area contributed by atoms with Gasteiger partial charge in [-0.25, -0.2) is 4.79 Å². The molecule has 1 aromatic carbocycles. The predicted molar refractivity (Wildman–Crippen MR) is 72.1 cm³/mol. The first kappa shape index (κ1) is 14.3. The van der Waals surface area contributed by atoms with Gasteiger partial charge in [-0.2, -0.15) is 0 Å². The van der Waals surface area contributed by atoms with Crippen molar-refractivity contribution in [2.75, 3.05) is 18.1 Å². The fourth-order valence-corrected chi connectivity index (χ4v) is 2.57. The zero-order chi connectivity index (χ0) is 14.7. The molecule has 1 aliphatic heterocycles. The Labute approximate surface area is 115 Å². The van der Waals surface area contributed by atoms with E-state index in [0.29, 0.717) is 12.2 Å². The van der Waals surface area contributed by atoms with E-state index in [1.165, 1.54) is 12.1 Å². The molecule has 0 aromatic heterocycles. The van der Waals surface area contributed by atoms with Crippen molar-refractivity contribution in [3.63, 3.8) is 0 Å². The molecule has 1 saturated heterocycles. The molecule has 0 saturated carbocycles. The lowest BCUT2D eigenvalue weighted by Gasteiger charge is -2.37. The predicted octanol–water partition coefficient (Wildman–Crippen LogP) is 1.64. The molecule has 1 unspecified atom stereocenters. The standard InChI is InChI=1S/C13H16N2O5/c16-8-10-3-1-2-6-14(10)12-5-4-9(15(19)20)7-11(12)13(17)18/h4-5,7,10,16H,1-3,6,8H2,(H,17,18). The van der Waals surface area contributed by atoms with E-state index in [2.05, 4.69) is 0 Å². The van der Waals surface area contributed by atoms with Crippen molar-refractivity contribution in [1.29, 1.82) is 0 Å². The topological polar surface area (TPSA) is 104 Å². The molecule has 1 atom stereocenters. The number of anilines is 1. The van der Waals surface area contributed by atoms with Gasteiger partial charge >= 0.3 is 5.97 Å². The van der Waals surface area contributed by atoms with Gasteiger partial charge in [-0.1, -0.05) is 0 Å². The van der Waals surface area contributed by atoms with Gasteiger partial charge in [0.15, 0.2) is 0 Å². The third kappa shape index (κ3) is 2.72. The van der Waals surface area contributed by atoms with Crippen molar-refractivity contribution >= 4 is 17.3 Å². The highest BCUT2D eigenvalue weighted by atomic mass is 16.6. The summed E-state index contributed by atoms with van der Waals surface area (Å²) >= 11 is 0. The average molecular weight is 280 g/mol. The van der Waals surface area contributed by atoms with Crippen molar-refractivity contribution < 1.29 is 19.9 Å². The summed E-state index contributed by atoms with van der Waals surface area (Å²) in [6.07, 6.45) is 2.68. The minimum Gasteiger partial charge on any atom is -0.478 e. The molecule has 0 spiro atoms. The molecule has 1 aliphatic rings. The Morgan fingerprint density at radius 3 is 2.80 bits per heavy atom. The van der Waals surface area contributed by atoms with Crippen molar-refractivity contribution in [2.45, 2.75) is 25.3 Å². The lowest BCUT2D eigenvalue weighted by molar-refractivity contribution is -0.384. The first-order valence-corrected chi connectivity index (χ1v) is 6.44. The number of benzene rings is 1. The maximum absolute atomic E-state index is 11.3.